The van der Waals surface area contributed by atoms with Crippen LogP contribution >= 0.6 is 0 Å². The molecular weight excluding hydrogens is 574 g/mol. The monoisotopic (exact) mass is 623 g/mol. The highest BCUT2D eigenvalue weighted by Gasteiger charge is 2.23. The normalized spacial score (nSPS) is 12.2. The second-order valence-corrected chi connectivity index (χ2v) is 12.1. The lowest BCUT2D eigenvalue weighted by molar-refractivity contribution is -0.123. The second kappa shape index (κ2) is 18.5. The number of amides is 3. The Hall–Kier alpha value is -4.48. The fraction of sp³-hybridized carbons (Fsp3) is 0.421. The van der Waals surface area contributed by atoms with Crippen molar-refractivity contribution in [3.63, 3.8) is 0 Å². The van der Waals surface area contributed by atoms with Crippen LogP contribution in [0, 0.1) is 17.2 Å². The molecule has 0 fully saturated rings. The van der Waals surface area contributed by atoms with E-state index < -0.39 is 6.04 Å². The van der Waals surface area contributed by atoms with Crippen molar-refractivity contribution in [2.75, 3.05) is 26.2 Å². The maximum atomic E-state index is 14.0. The standard InChI is InChI=1S/C38H49N5O3/c1-6-18-43(19-7-2)38(46)32-22-30(34-17-13-12-16-29(34)24-39)21-31(23-32)36(44)42-33(20-28-14-10-9-11-15-28)26-40-35(8-3)37(45)41-25-27(4)5/h9-17,21-23,27,33,35,40H,6-8,18-20,25-26H2,1-5H3,(H,41,45)(H,42,44)/t33-,35-/m0/s1. The summed E-state index contributed by atoms with van der Waals surface area (Å²) in [6, 6.07) is 23.8. The topological polar surface area (TPSA) is 114 Å². The van der Waals surface area contributed by atoms with E-state index in [0.29, 0.717) is 72.8 Å². The molecule has 0 aliphatic carbocycles. The lowest BCUT2D eigenvalue weighted by Crippen LogP contribution is -2.50. The van der Waals surface area contributed by atoms with Crippen LogP contribution in [0.1, 0.15) is 85.7 Å². The van der Waals surface area contributed by atoms with Crippen LogP contribution in [0.15, 0.2) is 72.8 Å². The molecule has 0 aromatic heterocycles. The van der Waals surface area contributed by atoms with E-state index in [0.717, 1.165) is 18.4 Å². The van der Waals surface area contributed by atoms with Crippen molar-refractivity contribution in [3.05, 3.63) is 95.1 Å². The SMILES string of the molecule is CCCN(CCC)C(=O)c1cc(C(=O)N[C@H](CN[C@@H](CC)C(=O)NCC(C)C)Cc2ccccc2)cc(-c2ccccc2C#N)c1. The summed E-state index contributed by atoms with van der Waals surface area (Å²) >= 11 is 0. The Kier molecular flexibility index (Phi) is 14.5. The fourth-order valence-electron chi connectivity index (χ4n) is 5.38. The van der Waals surface area contributed by atoms with Crippen molar-refractivity contribution in [2.45, 2.75) is 72.4 Å². The molecule has 46 heavy (non-hydrogen) atoms. The number of nitrogens with one attached hydrogen (secondary N) is 3. The molecule has 0 saturated heterocycles. The molecule has 0 heterocycles. The number of hydrogen-bond acceptors (Lipinski definition) is 5. The summed E-state index contributed by atoms with van der Waals surface area (Å²) in [7, 11) is 0. The molecule has 0 bridgehead atoms. The maximum absolute atomic E-state index is 14.0. The Bertz CT molecular complexity index is 1480. The van der Waals surface area contributed by atoms with Gasteiger partial charge < -0.3 is 20.9 Å². The molecule has 0 aliphatic rings. The van der Waals surface area contributed by atoms with Crippen molar-refractivity contribution < 1.29 is 14.4 Å². The molecule has 0 radical (unpaired) electrons. The molecule has 244 valence electrons. The van der Waals surface area contributed by atoms with Crippen LogP contribution in [-0.2, 0) is 11.2 Å². The molecule has 0 unspecified atom stereocenters. The third-order valence-corrected chi connectivity index (χ3v) is 7.76. The van der Waals surface area contributed by atoms with E-state index in [1.807, 2.05) is 68.1 Å². The Labute approximate surface area is 274 Å². The van der Waals surface area contributed by atoms with E-state index >= 15 is 0 Å². The van der Waals surface area contributed by atoms with Gasteiger partial charge in [-0.25, -0.2) is 0 Å². The van der Waals surface area contributed by atoms with E-state index in [2.05, 4.69) is 35.9 Å². The molecule has 3 aromatic rings. The lowest BCUT2D eigenvalue weighted by atomic mass is 9.95. The maximum Gasteiger partial charge on any atom is 0.253 e. The molecule has 0 aliphatic heterocycles. The van der Waals surface area contributed by atoms with Gasteiger partial charge in [-0.2, -0.15) is 5.26 Å². The number of nitriles is 1. The molecule has 8 nitrogen and oxygen atoms in total. The number of carbonyl (C=O) groups excluding carboxylic acids is 3. The van der Waals surface area contributed by atoms with Gasteiger partial charge in [0.15, 0.2) is 0 Å². The third-order valence-electron chi connectivity index (χ3n) is 7.76. The summed E-state index contributed by atoms with van der Waals surface area (Å²) in [6.45, 7) is 12.3. The quantitative estimate of drug-likeness (QED) is 0.172. The van der Waals surface area contributed by atoms with E-state index in [9.17, 15) is 19.6 Å². The predicted octanol–water partition coefficient (Wildman–Crippen LogP) is 5.97. The summed E-state index contributed by atoms with van der Waals surface area (Å²) in [5, 5.41) is 19.4. The number of hydrogen-bond donors (Lipinski definition) is 3. The molecule has 3 N–H and O–H groups in total. The van der Waals surface area contributed by atoms with Gasteiger partial charge >= 0.3 is 0 Å². The van der Waals surface area contributed by atoms with Crippen LogP contribution < -0.4 is 16.0 Å². The summed E-state index contributed by atoms with van der Waals surface area (Å²) in [5.41, 5.74) is 3.54. The number of rotatable bonds is 17. The number of carbonyl (C=O) groups is 3. The van der Waals surface area contributed by atoms with Gasteiger partial charge in [0.05, 0.1) is 17.7 Å². The molecular formula is C38H49N5O3. The van der Waals surface area contributed by atoms with Crippen LogP contribution in [0.3, 0.4) is 0 Å². The molecule has 2 atom stereocenters. The highest BCUT2D eigenvalue weighted by molar-refractivity contribution is 6.02. The molecule has 0 saturated carbocycles. The Balaban J connectivity index is 1.97. The Morgan fingerprint density at radius 3 is 2.13 bits per heavy atom. The fourth-order valence-corrected chi connectivity index (χ4v) is 5.38. The highest BCUT2D eigenvalue weighted by Crippen LogP contribution is 2.27. The third kappa shape index (κ3) is 10.6. The van der Waals surface area contributed by atoms with Crippen LogP contribution in [0.4, 0.5) is 0 Å². The molecule has 3 amide bonds. The largest absolute Gasteiger partial charge is 0.354 e. The summed E-state index contributed by atoms with van der Waals surface area (Å²) in [5.74, 6) is -0.190. The van der Waals surface area contributed by atoms with Gasteiger partial charge in [-0.15, -0.1) is 0 Å². The van der Waals surface area contributed by atoms with Crippen molar-refractivity contribution >= 4 is 17.7 Å². The predicted molar refractivity (Wildman–Crippen MR) is 184 cm³/mol. The van der Waals surface area contributed by atoms with Crippen LogP contribution in [0.25, 0.3) is 11.1 Å². The molecule has 3 aromatic carbocycles. The van der Waals surface area contributed by atoms with Crippen molar-refractivity contribution in [3.8, 4) is 17.2 Å². The minimum atomic E-state index is -0.396. The summed E-state index contributed by atoms with van der Waals surface area (Å²) in [6.07, 6.45) is 2.79. The lowest BCUT2D eigenvalue weighted by Gasteiger charge is -2.24. The van der Waals surface area contributed by atoms with Crippen LogP contribution in [0.5, 0.6) is 0 Å². The average Bonchev–Trinajstić information content (AvgIpc) is 3.07. The van der Waals surface area contributed by atoms with Gasteiger partial charge in [0, 0.05) is 43.3 Å². The first-order valence-corrected chi connectivity index (χ1v) is 16.5. The first kappa shape index (κ1) is 36.0. The van der Waals surface area contributed by atoms with Crippen molar-refractivity contribution in [1.29, 1.82) is 5.26 Å². The van der Waals surface area contributed by atoms with Gasteiger partial charge in [0.1, 0.15) is 0 Å². The van der Waals surface area contributed by atoms with Gasteiger partial charge in [-0.3, -0.25) is 14.4 Å². The van der Waals surface area contributed by atoms with Crippen molar-refractivity contribution in [2.24, 2.45) is 5.92 Å². The summed E-state index contributed by atoms with van der Waals surface area (Å²) < 4.78 is 0. The van der Waals surface area contributed by atoms with Gasteiger partial charge in [-0.05, 0) is 72.6 Å². The van der Waals surface area contributed by atoms with Crippen LogP contribution in [-0.4, -0.2) is 60.9 Å². The first-order chi connectivity index (χ1) is 22.2. The summed E-state index contributed by atoms with van der Waals surface area (Å²) in [4.78, 5) is 42.4. The van der Waals surface area contributed by atoms with Gasteiger partial charge in [-0.1, -0.05) is 83.1 Å². The zero-order valence-electron chi connectivity index (χ0n) is 27.9. The Morgan fingerprint density at radius 2 is 1.50 bits per heavy atom. The average molecular weight is 624 g/mol. The molecule has 0 spiro atoms. The minimum absolute atomic E-state index is 0.0586. The van der Waals surface area contributed by atoms with Crippen LogP contribution in [0.2, 0.25) is 0 Å². The van der Waals surface area contributed by atoms with Gasteiger partial charge in [0.2, 0.25) is 5.91 Å². The zero-order chi connectivity index (χ0) is 33.5. The minimum Gasteiger partial charge on any atom is -0.354 e. The van der Waals surface area contributed by atoms with E-state index in [1.54, 1.807) is 30.3 Å². The molecule has 8 heteroatoms. The zero-order valence-corrected chi connectivity index (χ0v) is 27.9. The van der Waals surface area contributed by atoms with E-state index in [1.165, 1.54) is 0 Å². The van der Waals surface area contributed by atoms with Crippen molar-refractivity contribution in [1.82, 2.24) is 20.9 Å². The smallest absolute Gasteiger partial charge is 0.253 e. The Morgan fingerprint density at radius 1 is 0.848 bits per heavy atom. The second-order valence-electron chi connectivity index (χ2n) is 12.1. The first-order valence-electron chi connectivity index (χ1n) is 16.5. The number of nitrogens with zero attached hydrogens (tertiary/aromatic N) is 2. The van der Waals surface area contributed by atoms with Gasteiger partial charge in [0.25, 0.3) is 11.8 Å². The number of benzene rings is 3. The van der Waals surface area contributed by atoms with E-state index in [4.69, 9.17) is 0 Å². The van der Waals surface area contributed by atoms with E-state index in [-0.39, 0.29) is 23.8 Å². The highest BCUT2D eigenvalue weighted by atomic mass is 16.2. The molecule has 3 rings (SSSR count).